The van der Waals surface area contributed by atoms with Crippen molar-refractivity contribution >= 4 is 11.7 Å². The largest absolute Gasteiger partial charge is 0.503 e. The highest BCUT2D eigenvalue weighted by Gasteiger charge is 2.43. The van der Waals surface area contributed by atoms with Crippen LogP contribution in [0.5, 0.6) is 0 Å². The lowest BCUT2D eigenvalue weighted by atomic mass is 9.93. The smallest absolute Gasteiger partial charge is 0.290 e. The van der Waals surface area contributed by atoms with Gasteiger partial charge < -0.3 is 14.4 Å². The molecule has 29 heavy (non-hydrogen) atoms. The standard InChI is InChI=1S/C24H19NO4/c1-2-14-25-21(18-12-10-17(11-13-18)16-7-4-3-5-8-16)20(23(27)24(25)28)22(26)19-9-6-15-29-19/h2-13,15,21,27H,1,14H2. The van der Waals surface area contributed by atoms with Crippen LogP contribution in [0.25, 0.3) is 11.1 Å². The van der Waals surface area contributed by atoms with Crippen molar-refractivity contribution in [2.75, 3.05) is 6.54 Å². The molecule has 0 saturated heterocycles. The molecule has 2 aromatic carbocycles. The van der Waals surface area contributed by atoms with Crippen molar-refractivity contribution < 1.29 is 19.1 Å². The number of benzene rings is 2. The summed E-state index contributed by atoms with van der Waals surface area (Å²) in [7, 11) is 0. The quantitative estimate of drug-likeness (QED) is 0.493. The number of Topliss-reactive ketones (excluding diaryl/α,β-unsaturated/α-hetero) is 1. The summed E-state index contributed by atoms with van der Waals surface area (Å²) in [6, 6.07) is 19.9. The minimum Gasteiger partial charge on any atom is -0.503 e. The Morgan fingerprint density at radius 1 is 1.03 bits per heavy atom. The molecule has 1 aliphatic heterocycles. The third-order valence-electron chi connectivity index (χ3n) is 4.95. The van der Waals surface area contributed by atoms with Gasteiger partial charge in [0.15, 0.2) is 11.5 Å². The van der Waals surface area contributed by atoms with E-state index < -0.39 is 23.5 Å². The number of rotatable bonds is 6. The van der Waals surface area contributed by atoms with E-state index in [2.05, 4.69) is 6.58 Å². The molecule has 5 nitrogen and oxygen atoms in total. The molecule has 0 bridgehead atoms. The van der Waals surface area contributed by atoms with Crippen molar-refractivity contribution in [2.24, 2.45) is 0 Å². The van der Waals surface area contributed by atoms with Crippen molar-refractivity contribution in [2.45, 2.75) is 6.04 Å². The van der Waals surface area contributed by atoms with Gasteiger partial charge >= 0.3 is 0 Å². The van der Waals surface area contributed by atoms with Crippen LogP contribution in [-0.2, 0) is 4.79 Å². The Kier molecular flexibility index (Phi) is 4.87. The summed E-state index contributed by atoms with van der Waals surface area (Å²) in [5, 5.41) is 10.5. The molecule has 5 heteroatoms. The topological polar surface area (TPSA) is 70.8 Å². The van der Waals surface area contributed by atoms with E-state index in [0.717, 1.165) is 16.7 Å². The van der Waals surface area contributed by atoms with Gasteiger partial charge in [-0.15, -0.1) is 6.58 Å². The molecule has 144 valence electrons. The van der Waals surface area contributed by atoms with Gasteiger partial charge in [-0.25, -0.2) is 0 Å². The van der Waals surface area contributed by atoms with Gasteiger partial charge in [0, 0.05) is 6.54 Å². The lowest BCUT2D eigenvalue weighted by Gasteiger charge is -2.25. The number of furan rings is 1. The molecule has 0 fully saturated rings. The Labute approximate surface area is 168 Å². The van der Waals surface area contributed by atoms with Crippen LogP contribution in [-0.4, -0.2) is 28.2 Å². The molecule has 2 heterocycles. The Hall–Kier alpha value is -3.86. The van der Waals surface area contributed by atoms with Crippen molar-refractivity contribution in [1.29, 1.82) is 0 Å². The Morgan fingerprint density at radius 2 is 1.72 bits per heavy atom. The zero-order valence-corrected chi connectivity index (χ0v) is 15.6. The molecule has 1 aliphatic rings. The van der Waals surface area contributed by atoms with Gasteiger partial charge in [0.25, 0.3) is 5.91 Å². The van der Waals surface area contributed by atoms with Crippen molar-refractivity contribution in [3.05, 3.63) is 108 Å². The van der Waals surface area contributed by atoms with Crippen LogP contribution in [0.4, 0.5) is 0 Å². The van der Waals surface area contributed by atoms with Gasteiger partial charge in [-0.2, -0.15) is 0 Å². The molecular formula is C24H19NO4. The predicted octanol–water partition coefficient (Wildman–Crippen LogP) is 4.71. The van der Waals surface area contributed by atoms with Crippen LogP contribution in [0, 0.1) is 0 Å². The molecule has 4 rings (SSSR count). The van der Waals surface area contributed by atoms with E-state index in [0.29, 0.717) is 0 Å². The fraction of sp³-hybridized carbons (Fsp3) is 0.0833. The number of hydrogen-bond donors (Lipinski definition) is 1. The number of aliphatic hydroxyl groups excluding tert-OH is 1. The van der Waals surface area contributed by atoms with Gasteiger partial charge in [0.1, 0.15) is 0 Å². The number of carbonyl (C=O) groups is 2. The molecule has 1 atom stereocenters. The zero-order chi connectivity index (χ0) is 20.4. The maximum atomic E-state index is 13.0. The van der Waals surface area contributed by atoms with Crippen LogP contribution in [0.3, 0.4) is 0 Å². The van der Waals surface area contributed by atoms with Gasteiger partial charge in [0.05, 0.1) is 17.9 Å². The van der Waals surface area contributed by atoms with Crippen LogP contribution < -0.4 is 0 Å². The number of ketones is 1. The molecule has 1 unspecified atom stereocenters. The Morgan fingerprint density at radius 3 is 2.34 bits per heavy atom. The molecule has 0 radical (unpaired) electrons. The minimum absolute atomic E-state index is 0.0132. The second-order valence-electron chi connectivity index (χ2n) is 6.71. The SMILES string of the molecule is C=CCN1C(=O)C(O)=C(C(=O)c2ccco2)C1c1ccc(-c2ccccc2)cc1. The average Bonchev–Trinajstić information content (AvgIpc) is 3.38. The lowest BCUT2D eigenvalue weighted by Crippen LogP contribution is -2.31. The molecule has 0 spiro atoms. The first-order valence-corrected chi connectivity index (χ1v) is 9.20. The highest BCUT2D eigenvalue weighted by molar-refractivity contribution is 6.15. The molecule has 1 amide bonds. The van der Waals surface area contributed by atoms with Gasteiger partial charge in [-0.3, -0.25) is 9.59 Å². The predicted molar refractivity (Wildman–Crippen MR) is 109 cm³/mol. The fourth-order valence-electron chi connectivity index (χ4n) is 3.59. The second kappa shape index (κ2) is 7.64. The number of aliphatic hydroxyl groups is 1. The zero-order valence-electron chi connectivity index (χ0n) is 15.6. The second-order valence-corrected chi connectivity index (χ2v) is 6.71. The number of amides is 1. The molecule has 1 aromatic heterocycles. The summed E-state index contributed by atoms with van der Waals surface area (Å²) < 4.78 is 5.20. The maximum Gasteiger partial charge on any atom is 0.290 e. The molecule has 1 N–H and O–H groups in total. The van der Waals surface area contributed by atoms with Crippen molar-refractivity contribution in [3.63, 3.8) is 0 Å². The molecule has 0 aliphatic carbocycles. The van der Waals surface area contributed by atoms with E-state index in [1.165, 1.54) is 17.2 Å². The monoisotopic (exact) mass is 385 g/mol. The van der Waals surface area contributed by atoms with E-state index in [4.69, 9.17) is 4.42 Å². The summed E-state index contributed by atoms with van der Waals surface area (Å²) in [6.45, 7) is 3.89. The van der Waals surface area contributed by atoms with E-state index in [-0.39, 0.29) is 17.9 Å². The van der Waals surface area contributed by atoms with E-state index in [9.17, 15) is 14.7 Å². The Balaban J connectivity index is 1.76. The normalized spacial score (nSPS) is 16.3. The number of nitrogens with zero attached hydrogens (tertiary/aromatic N) is 1. The first kappa shape index (κ1) is 18.5. The van der Waals surface area contributed by atoms with Crippen LogP contribution in [0.1, 0.15) is 22.2 Å². The summed E-state index contributed by atoms with van der Waals surface area (Å²) in [6.07, 6.45) is 2.95. The summed E-state index contributed by atoms with van der Waals surface area (Å²) in [5.41, 5.74) is 2.81. The average molecular weight is 385 g/mol. The van der Waals surface area contributed by atoms with Crippen molar-refractivity contribution in [1.82, 2.24) is 4.90 Å². The molecule has 3 aromatic rings. The van der Waals surface area contributed by atoms with E-state index in [1.807, 2.05) is 54.6 Å². The van der Waals surface area contributed by atoms with E-state index in [1.54, 1.807) is 12.1 Å². The third kappa shape index (κ3) is 3.27. The van der Waals surface area contributed by atoms with Crippen LogP contribution in [0.15, 0.2) is 101 Å². The fourth-order valence-corrected chi connectivity index (χ4v) is 3.59. The summed E-state index contributed by atoms with van der Waals surface area (Å²) in [4.78, 5) is 27.0. The number of carbonyl (C=O) groups excluding carboxylic acids is 2. The highest BCUT2D eigenvalue weighted by atomic mass is 16.3. The van der Waals surface area contributed by atoms with Crippen LogP contribution >= 0.6 is 0 Å². The van der Waals surface area contributed by atoms with Crippen LogP contribution in [0.2, 0.25) is 0 Å². The first-order chi connectivity index (χ1) is 14.1. The lowest BCUT2D eigenvalue weighted by molar-refractivity contribution is -0.128. The van der Waals surface area contributed by atoms with Gasteiger partial charge in [-0.05, 0) is 28.8 Å². The highest BCUT2D eigenvalue weighted by Crippen LogP contribution is 2.39. The number of hydrogen-bond acceptors (Lipinski definition) is 4. The Bertz CT molecular complexity index is 1080. The summed E-state index contributed by atoms with van der Waals surface area (Å²) in [5.74, 6) is -1.59. The third-order valence-corrected chi connectivity index (χ3v) is 4.95. The molecular weight excluding hydrogens is 366 g/mol. The maximum absolute atomic E-state index is 13.0. The first-order valence-electron chi connectivity index (χ1n) is 9.20. The molecule has 0 saturated carbocycles. The van der Waals surface area contributed by atoms with Gasteiger partial charge in [0.2, 0.25) is 5.78 Å². The van der Waals surface area contributed by atoms with E-state index >= 15 is 0 Å². The van der Waals surface area contributed by atoms with Gasteiger partial charge in [-0.1, -0.05) is 60.7 Å². The summed E-state index contributed by atoms with van der Waals surface area (Å²) >= 11 is 0. The minimum atomic E-state index is -0.720. The van der Waals surface area contributed by atoms with Crippen molar-refractivity contribution in [3.8, 4) is 11.1 Å².